The number of carbonyl (C=O) groups excluding carboxylic acids is 1. The summed E-state index contributed by atoms with van der Waals surface area (Å²) in [4.78, 5) is 10.9. The minimum absolute atomic E-state index is 0.0877. The minimum atomic E-state index is -0.0877. The van der Waals surface area contributed by atoms with E-state index in [0.717, 1.165) is 11.3 Å². The lowest BCUT2D eigenvalue weighted by molar-refractivity contribution is -0.115. The molecule has 0 saturated carbocycles. The number of benzene rings is 1. The molecule has 1 amide bonds. The van der Waals surface area contributed by atoms with Crippen LogP contribution in [0.5, 0.6) is 5.75 Å². The van der Waals surface area contributed by atoms with E-state index in [0.29, 0.717) is 12.3 Å². The van der Waals surface area contributed by atoms with Crippen molar-refractivity contribution >= 4 is 5.91 Å². The normalized spacial score (nSPS) is 14.8. The van der Waals surface area contributed by atoms with Crippen molar-refractivity contribution in [2.24, 2.45) is 0 Å². The number of nitrogens with one attached hydrogen (secondary N) is 1. The van der Waals surface area contributed by atoms with Gasteiger partial charge in [0.2, 0.25) is 5.91 Å². The van der Waals surface area contributed by atoms with Crippen molar-refractivity contribution in [3.8, 4) is 5.75 Å². The van der Waals surface area contributed by atoms with Crippen LogP contribution in [0, 0.1) is 13.8 Å². The highest BCUT2D eigenvalue weighted by atomic mass is 16.5. The second-order valence-electron chi connectivity index (χ2n) is 3.63. The van der Waals surface area contributed by atoms with Crippen molar-refractivity contribution in [1.82, 2.24) is 5.32 Å². The highest BCUT2D eigenvalue weighted by molar-refractivity contribution is 5.90. The van der Waals surface area contributed by atoms with Crippen molar-refractivity contribution in [1.29, 1.82) is 0 Å². The second-order valence-corrected chi connectivity index (χ2v) is 3.63. The Labute approximate surface area is 88.8 Å². The van der Waals surface area contributed by atoms with Crippen molar-refractivity contribution in [2.75, 3.05) is 6.54 Å². The molecule has 0 unspecified atom stereocenters. The summed E-state index contributed by atoms with van der Waals surface area (Å²) in [6.45, 7) is 4.52. The fourth-order valence-electron chi connectivity index (χ4n) is 1.46. The number of ether oxygens (including phenoxy) is 1. The predicted octanol–water partition coefficient (Wildman–Crippen LogP) is 1.70. The summed E-state index contributed by atoms with van der Waals surface area (Å²) in [5.74, 6) is 1.40. The second kappa shape index (κ2) is 3.77. The smallest absolute Gasteiger partial charge is 0.247 e. The summed E-state index contributed by atoms with van der Waals surface area (Å²) in [6.07, 6.45) is 1.49. The molecule has 1 aromatic carbocycles. The highest BCUT2D eigenvalue weighted by Crippen LogP contribution is 2.23. The number of aryl methyl sites for hydroxylation is 1. The lowest BCUT2D eigenvalue weighted by Gasteiger charge is -2.10. The molecule has 78 valence electrons. The summed E-state index contributed by atoms with van der Waals surface area (Å²) in [6, 6.07) is 5.89. The van der Waals surface area contributed by atoms with Gasteiger partial charge in [0.25, 0.3) is 0 Å². The van der Waals surface area contributed by atoms with Crippen LogP contribution in [0.1, 0.15) is 11.1 Å². The lowest BCUT2D eigenvalue weighted by atomic mass is 10.1. The Hall–Kier alpha value is -1.77. The maximum absolute atomic E-state index is 10.9. The zero-order valence-corrected chi connectivity index (χ0v) is 8.83. The van der Waals surface area contributed by atoms with E-state index >= 15 is 0 Å². The predicted molar refractivity (Wildman–Crippen MR) is 57.6 cm³/mol. The number of rotatable bonds is 2. The van der Waals surface area contributed by atoms with E-state index in [2.05, 4.69) is 5.32 Å². The molecule has 0 bridgehead atoms. The van der Waals surface area contributed by atoms with Crippen LogP contribution in [0.4, 0.5) is 0 Å². The standard InChI is InChI=1S/C12H13NO2/c1-8-4-3-5-11(9(8)2)15-10-6-12(14)13-7-10/h3-6H,7H2,1-2H3,(H,13,14). The first-order chi connectivity index (χ1) is 7.16. The molecule has 0 saturated heterocycles. The van der Waals surface area contributed by atoms with Crippen LogP contribution in [0.3, 0.4) is 0 Å². The van der Waals surface area contributed by atoms with E-state index in [1.807, 2.05) is 32.0 Å². The van der Waals surface area contributed by atoms with E-state index in [9.17, 15) is 4.79 Å². The molecule has 0 atom stereocenters. The molecular formula is C12H13NO2. The molecule has 3 nitrogen and oxygen atoms in total. The molecule has 0 fully saturated rings. The van der Waals surface area contributed by atoms with Crippen LogP contribution in [0.25, 0.3) is 0 Å². The van der Waals surface area contributed by atoms with Gasteiger partial charge in [-0.25, -0.2) is 0 Å². The van der Waals surface area contributed by atoms with Crippen molar-refractivity contribution in [3.05, 3.63) is 41.2 Å². The Morgan fingerprint density at radius 3 is 2.80 bits per heavy atom. The van der Waals surface area contributed by atoms with Gasteiger partial charge in [0, 0.05) is 6.08 Å². The number of carbonyl (C=O) groups is 1. The largest absolute Gasteiger partial charge is 0.459 e. The van der Waals surface area contributed by atoms with Gasteiger partial charge >= 0.3 is 0 Å². The maximum atomic E-state index is 10.9. The van der Waals surface area contributed by atoms with Crippen molar-refractivity contribution < 1.29 is 9.53 Å². The molecule has 1 aliphatic rings. The fraction of sp³-hybridized carbons (Fsp3) is 0.250. The Morgan fingerprint density at radius 2 is 2.13 bits per heavy atom. The summed E-state index contributed by atoms with van der Waals surface area (Å²) < 4.78 is 5.64. The Kier molecular flexibility index (Phi) is 2.46. The Bertz CT molecular complexity index is 435. The Balaban J connectivity index is 2.21. The number of hydrogen-bond donors (Lipinski definition) is 1. The van der Waals surface area contributed by atoms with Gasteiger partial charge in [-0.15, -0.1) is 0 Å². The summed E-state index contributed by atoms with van der Waals surface area (Å²) >= 11 is 0. The molecule has 0 radical (unpaired) electrons. The van der Waals surface area contributed by atoms with Crippen molar-refractivity contribution in [2.45, 2.75) is 13.8 Å². The topological polar surface area (TPSA) is 38.3 Å². The van der Waals surface area contributed by atoms with Gasteiger partial charge in [-0.1, -0.05) is 12.1 Å². The SMILES string of the molecule is Cc1cccc(OC2=CC(=O)NC2)c1C. The van der Waals surface area contributed by atoms with Crippen LogP contribution >= 0.6 is 0 Å². The molecule has 1 aliphatic heterocycles. The van der Waals surface area contributed by atoms with Crippen molar-refractivity contribution in [3.63, 3.8) is 0 Å². The van der Waals surface area contributed by atoms with Gasteiger partial charge in [0.1, 0.15) is 11.5 Å². The summed E-state index contributed by atoms with van der Waals surface area (Å²) in [5.41, 5.74) is 2.29. The molecule has 1 N–H and O–H groups in total. The summed E-state index contributed by atoms with van der Waals surface area (Å²) in [7, 11) is 0. The minimum Gasteiger partial charge on any atom is -0.459 e. The molecule has 0 aromatic heterocycles. The van der Waals surface area contributed by atoms with E-state index in [1.165, 1.54) is 11.6 Å². The third-order valence-corrected chi connectivity index (χ3v) is 2.52. The van der Waals surface area contributed by atoms with E-state index in [1.54, 1.807) is 0 Å². The first-order valence-corrected chi connectivity index (χ1v) is 4.89. The molecule has 0 aliphatic carbocycles. The molecule has 1 heterocycles. The van der Waals surface area contributed by atoms with Crippen LogP contribution < -0.4 is 10.1 Å². The maximum Gasteiger partial charge on any atom is 0.247 e. The van der Waals surface area contributed by atoms with Gasteiger partial charge in [0.05, 0.1) is 6.54 Å². The van der Waals surface area contributed by atoms with E-state index < -0.39 is 0 Å². The van der Waals surface area contributed by atoms with Crippen LogP contribution in [0.15, 0.2) is 30.0 Å². The lowest BCUT2D eigenvalue weighted by Crippen LogP contribution is -2.16. The highest BCUT2D eigenvalue weighted by Gasteiger charge is 2.13. The average molecular weight is 203 g/mol. The molecule has 15 heavy (non-hydrogen) atoms. The first kappa shape index (κ1) is 9.77. The zero-order valence-electron chi connectivity index (χ0n) is 8.83. The number of amides is 1. The molecule has 1 aromatic rings. The van der Waals surface area contributed by atoms with Crippen LogP contribution in [-0.4, -0.2) is 12.5 Å². The molecule has 2 rings (SSSR count). The van der Waals surface area contributed by atoms with E-state index in [4.69, 9.17) is 4.74 Å². The molecule has 3 heteroatoms. The average Bonchev–Trinajstić information content (AvgIpc) is 2.59. The van der Waals surface area contributed by atoms with Gasteiger partial charge in [-0.2, -0.15) is 0 Å². The third-order valence-electron chi connectivity index (χ3n) is 2.52. The molecule has 0 spiro atoms. The summed E-state index contributed by atoms with van der Waals surface area (Å²) in [5, 5.41) is 2.67. The molecular weight excluding hydrogens is 190 g/mol. The van der Waals surface area contributed by atoms with Gasteiger partial charge in [0.15, 0.2) is 0 Å². The monoisotopic (exact) mass is 203 g/mol. The van der Waals surface area contributed by atoms with Crippen LogP contribution in [0.2, 0.25) is 0 Å². The van der Waals surface area contributed by atoms with Gasteiger partial charge < -0.3 is 10.1 Å². The Morgan fingerprint density at radius 1 is 1.33 bits per heavy atom. The van der Waals surface area contributed by atoms with Gasteiger partial charge in [-0.3, -0.25) is 4.79 Å². The zero-order chi connectivity index (χ0) is 10.8. The van der Waals surface area contributed by atoms with Gasteiger partial charge in [-0.05, 0) is 31.0 Å². The number of hydrogen-bond acceptors (Lipinski definition) is 2. The quantitative estimate of drug-likeness (QED) is 0.794. The third kappa shape index (κ3) is 2.01. The first-order valence-electron chi connectivity index (χ1n) is 4.89. The van der Waals surface area contributed by atoms with E-state index in [-0.39, 0.29) is 5.91 Å². The fourth-order valence-corrected chi connectivity index (χ4v) is 1.46. The van der Waals surface area contributed by atoms with Crippen LogP contribution in [-0.2, 0) is 4.79 Å².